The molecule has 2 aromatic rings. The predicted molar refractivity (Wildman–Crippen MR) is 109 cm³/mol. The summed E-state index contributed by atoms with van der Waals surface area (Å²) in [6, 6.07) is 6.01. The summed E-state index contributed by atoms with van der Waals surface area (Å²) in [5, 5.41) is 0. The van der Waals surface area contributed by atoms with Gasteiger partial charge in [-0.05, 0) is 30.2 Å². The zero-order chi connectivity index (χ0) is 22.8. The van der Waals surface area contributed by atoms with Crippen molar-refractivity contribution in [3.05, 3.63) is 35.4 Å². The second kappa shape index (κ2) is 9.05. The first-order chi connectivity index (χ1) is 14.7. The van der Waals surface area contributed by atoms with Gasteiger partial charge in [-0.1, -0.05) is 0 Å². The van der Waals surface area contributed by atoms with Crippen molar-refractivity contribution in [2.24, 2.45) is 5.92 Å². The molecule has 0 aromatic heterocycles. The Morgan fingerprint density at radius 3 is 2.06 bits per heavy atom. The molecule has 0 saturated carbocycles. The van der Waals surface area contributed by atoms with Crippen LogP contribution in [-0.2, 0) is 11.0 Å². The van der Waals surface area contributed by atoms with Gasteiger partial charge in [-0.3, -0.25) is 14.6 Å². The van der Waals surface area contributed by atoms with Gasteiger partial charge < -0.3 is 28.2 Å². The highest BCUT2D eigenvalue weighted by Gasteiger charge is 2.31. The fourth-order valence-corrected chi connectivity index (χ4v) is 3.78. The van der Waals surface area contributed by atoms with E-state index in [9.17, 15) is 9.36 Å². The van der Waals surface area contributed by atoms with Crippen LogP contribution in [-0.4, -0.2) is 50.6 Å². The lowest BCUT2D eigenvalue weighted by Crippen LogP contribution is -2.28. The number of hydrogen-bond acceptors (Lipinski definition) is 8. The molecule has 1 aliphatic heterocycles. The van der Waals surface area contributed by atoms with Gasteiger partial charge in [0.2, 0.25) is 5.75 Å². The molecule has 0 aliphatic carbocycles. The number of phosphoric acid groups is 1. The Morgan fingerprint density at radius 2 is 1.55 bits per heavy atom. The zero-order valence-electron chi connectivity index (χ0n) is 17.4. The third-order valence-corrected chi connectivity index (χ3v) is 5.22. The summed E-state index contributed by atoms with van der Waals surface area (Å²) in [6.07, 6.45) is 0.270. The number of ketones is 1. The van der Waals surface area contributed by atoms with Crippen molar-refractivity contribution in [3.8, 4) is 34.5 Å². The molecule has 0 bridgehead atoms. The van der Waals surface area contributed by atoms with Crippen molar-refractivity contribution < 1.29 is 47.4 Å². The third kappa shape index (κ3) is 4.87. The van der Waals surface area contributed by atoms with Gasteiger partial charge in [0.1, 0.15) is 5.75 Å². The normalized spacial score (nSPS) is 15.4. The molecule has 31 heavy (non-hydrogen) atoms. The van der Waals surface area contributed by atoms with Gasteiger partial charge in [-0.2, -0.15) is 0 Å². The maximum atomic E-state index is 13.2. The number of Topliss-reactive ketones (excluding diaryl/α,β-unsaturated/α-hetero) is 1. The number of rotatable bonds is 8. The van der Waals surface area contributed by atoms with Gasteiger partial charge in [0.15, 0.2) is 28.8 Å². The average molecular weight is 454 g/mol. The van der Waals surface area contributed by atoms with E-state index in [4.69, 9.17) is 38.0 Å². The van der Waals surface area contributed by atoms with E-state index in [0.29, 0.717) is 34.1 Å². The van der Waals surface area contributed by atoms with Crippen LogP contribution < -0.4 is 28.2 Å². The molecule has 2 N–H and O–H groups in total. The van der Waals surface area contributed by atoms with Crippen molar-refractivity contribution in [2.45, 2.75) is 6.42 Å². The lowest BCUT2D eigenvalue weighted by molar-refractivity contribution is 0.0853. The Hall–Kier alpha value is -2.94. The van der Waals surface area contributed by atoms with Crippen LogP contribution in [0.15, 0.2) is 24.3 Å². The van der Waals surface area contributed by atoms with E-state index in [2.05, 4.69) is 0 Å². The largest absolute Gasteiger partial charge is 0.524 e. The minimum atomic E-state index is -4.80. The molecule has 0 radical (unpaired) electrons. The van der Waals surface area contributed by atoms with Crippen molar-refractivity contribution in [1.82, 2.24) is 0 Å². The van der Waals surface area contributed by atoms with Crippen molar-refractivity contribution in [3.63, 3.8) is 0 Å². The molecule has 1 heterocycles. The monoisotopic (exact) mass is 454 g/mol. The van der Waals surface area contributed by atoms with Crippen LogP contribution in [0.4, 0.5) is 0 Å². The number of carbonyl (C=O) groups is 1. The molecular formula is C20H23O10P. The van der Waals surface area contributed by atoms with Crippen LogP contribution in [0.2, 0.25) is 0 Å². The highest BCUT2D eigenvalue weighted by molar-refractivity contribution is 7.46. The van der Waals surface area contributed by atoms with Crippen LogP contribution in [0.5, 0.6) is 34.5 Å². The molecule has 1 atom stereocenters. The zero-order valence-corrected chi connectivity index (χ0v) is 18.3. The van der Waals surface area contributed by atoms with Crippen molar-refractivity contribution in [2.75, 3.05) is 35.0 Å². The van der Waals surface area contributed by atoms with E-state index in [0.717, 1.165) is 0 Å². The SMILES string of the molecule is COc1cc2c(cc1OP(=O)(O)O)CC(C(=O)c1cc(OC)c(OC)c(OC)c1)CO2. The van der Waals surface area contributed by atoms with Gasteiger partial charge in [0.25, 0.3) is 0 Å². The number of benzene rings is 2. The number of hydrogen-bond donors (Lipinski definition) is 2. The quantitative estimate of drug-likeness (QED) is 0.453. The first kappa shape index (κ1) is 22.7. The number of fused-ring (bicyclic) bond motifs is 1. The molecule has 0 saturated heterocycles. The minimum Gasteiger partial charge on any atom is -0.493 e. The average Bonchev–Trinajstić information content (AvgIpc) is 2.75. The fraction of sp³-hybridized carbons (Fsp3) is 0.350. The van der Waals surface area contributed by atoms with Crippen LogP contribution in [0.25, 0.3) is 0 Å². The lowest BCUT2D eigenvalue weighted by atomic mass is 9.89. The molecule has 168 valence electrons. The Balaban J connectivity index is 1.92. The van der Waals surface area contributed by atoms with E-state index in [-0.39, 0.29) is 30.3 Å². The van der Waals surface area contributed by atoms with E-state index in [1.165, 1.54) is 40.6 Å². The Labute approximate surface area is 178 Å². The number of phosphoric ester groups is 1. The molecule has 1 aliphatic rings. The predicted octanol–water partition coefficient (Wildman–Crippen LogP) is 2.63. The van der Waals surface area contributed by atoms with Gasteiger partial charge in [-0.25, -0.2) is 4.57 Å². The van der Waals surface area contributed by atoms with Crippen LogP contribution in [0.1, 0.15) is 15.9 Å². The Bertz CT molecular complexity index is 1000. The number of ether oxygens (including phenoxy) is 5. The van der Waals surface area contributed by atoms with E-state index in [1.54, 1.807) is 12.1 Å². The maximum absolute atomic E-state index is 13.2. The van der Waals surface area contributed by atoms with Crippen molar-refractivity contribution >= 4 is 13.6 Å². The fourth-order valence-electron chi connectivity index (χ4n) is 3.38. The highest BCUT2D eigenvalue weighted by atomic mass is 31.2. The van der Waals surface area contributed by atoms with Gasteiger partial charge in [-0.15, -0.1) is 0 Å². The summed E-state index contributed by atoms with van der Waals surface area (Å²) in [7, 11) is 0.933. The maximum Gasteiger partial charge on any atom is 0.524 e. The molecule has 1 unspecified atom stereocenters. The third-order valence-electron chi connectivity index (χ3n) is 4.79. The molecule has 11 heteroatoms. The minimum absolute atomic E-state index is 0.108. The van der Waals surface area contributed by atoms with Gasteiger partial charge >= 0.3 is 7.82 Å². The second-order valence-electron chi connectivity index (χ2n) is 6.68. The molecular weight excluding hydrogens is 431 g/mol. The Morgan fingerprint density at radius 1 is 0.935 bits per heavy atom. The van der Waals surface area contributed by atoms with Crippen LogP contribution >= 0.6 is 7.82 Å². The number of carbonyl (C=O) groups excluding carboxylic acids is 1. The van der Waals surface area contributed by atoms with E-state index in [1.807, 2.05) is 0 Å². The van der Waals surface area contributed by atoms with E-state index < -0.39 is 13.7 Å². The smallest absolute Gasteiger partial charge is 0.493 e. The standard InChI is InChI=1S/C20H23O10P/c1-25-15-9-14-11(6-16(15)30-31(22,23)24)5-13(10-29-14)19(21)12-7-17(26-2)20(28-4)18(8-12)27-3/h6-9,13H,5,10H2,1-4H3,(H2,22,23,24). The molecule has 0 fully saturated rings. The summed E-state index contributed by atoms with van der Waals surface area (Å²) >= 11 is 0. The topological polar surface area (TPSA) is 130 Å². The second-order valence-corrected chi connectivity index (χ2v) is 7.85. The summed E-state index contributed by atoms with van der Waals surface area (Å²) in [5.41, 5.74) is 0.910. The molecule has 0 amide bonds. The first-order valence-corrected chi connectivity index (χ1v) is 10.7. The number of methoxy groups -OCH3 is 4. The lowest BCUT2D eigenvalue weighted by Gasteiger charge is -2.26. The summed E-state index contributed by atoms with van der Waals surface area (Å²) in [6.45, 7) is 0.115. The van der Waals surface area contributed by atoms with Crippen molar-refractivity contribution in [1.29, 1.82) is 0 Å². The Kier molecular flexibility index (Phi) is 6.64. The highest BCUT2D eigenvalue weighted by Crippen LogP contribution is 2.46. The molecule has 10 nitrogen and oxygen atoms in total. The van der Waals surface area contributed by atoms with Crippen LogP contribution in [0.3, 0.4) is 0 Å². The molecule has 0 spiro atoms. The summed E-state index contributed by atoms with van der Waals surface area (Å²) < 4.78 is 42.7. The summed E-state index contributed by atoms with van der Waals surface area (Å²) in [4.78, 5) is 31.4. The molecule has 3 rings (SSSR count). The molecule has 2 aromatic carbocycles. The summed E-state index contributed by atoms with van der Waals surface area (Å²) in [5.74, 6) is 0.732. The van der Waals surface area contributed by atoms with Gasteiger partial charge in [0, 0.05) is 11.6 Å². The van der Waals surface area contributed by atoms with E-state index >= 15 is 0 Å². The van der Waals surface area contributed by atoms with Gasteiger partial charge in [0.05, 0.1) is 41.0 Å². The first-order valence-electron chi connectivity index (χ1n) is 9.13. The van der Waals surface area contributed by atoms with Crippen LogP contribution in [0, 0.1) is 5.92 Å².